The molecule has 1 aromatic carbocycles. The maximum atomic E-state index is 14.7. The largest absolute Gasteiger partial charge is 0.384 e. The van der Waals surface area contributed by atoms with Gasteiger partial charge in [0.15, 0.2) is 0 Å². The number of aryl methyl sites for hydroxylation is 1. The number of nitrogens with one attached hydrogen (secondary N) is 1. The van der Waals surface area contributed by atoms with E-state index in [-0.39, 0.29) is 24.4 Å². The maximum absolute atomic E-state index is 14.7. The molecule has 0 spiro atoms. The summed E-state index contributed by atoms with van der Waals surface area (Å²) in [4.78, 5) is 21.1. The summed E-state index contributed by atoms with van der Waals surface area (Å²) in [6.45, 7) is 2.11. The van der Waals surface area contributed by atoms with Crippen molar-refractivity contribution < 1.29 is 9.18 Å². The topological polar surface area (TPSA) is 74.5 Å². The van der Waals surface area contributed by atoms with Crippen molar-refractivity contribution in [2.24, 2.45) is 0 Å². The van der Waals surface area contributed by atoms with Crippen molar-refractivity contribution in [3.05, 3.63) is 47.4 Å². The van der Waals surface area contributed by atoms with Gasteiger partial charge in [-0.25, -0.2) is 14.2 Å². The number of para-hydroxylation sites is 1. The molecule has 0 bridgehead atoms. The van der Waals surface area contributed by atoms with Crippen LogP contribution < -0.4 is 20.9 Å². The number of halogens is 1. The lowest BCUT2D eigenvalue weighted by atomic mass is 9.89. The SMILES string of the molecule is CN[C@H]1CC[C@H](N2C(=O)N(c3c(C)cccc3F)Cc3cnc(N)cc32)CC1. The number of hydrogen-bond acceptors (Lipinski definition) is 4. The molecule has 1 aliphatic carbocycles. The van der Waals surface area contributed by atoms with E-state index in [0.717, 1.165) is 42.5 Å². The van der Waals surface area contributed by atoms with Gasteiger partial charge in [0.25, 0.3) is 0 Å². The van der Waals surface area contributed by atoms with E-state index < -0.39 is 0 Å². The van der Waals surface area contributed by atoms with Gasteiger partial charge >= 0.3 is 6.03 Å². The molecule has 1 aromatic heterocycles. The van der Waals surface area contributed by atoms with E-state index in [1.54, 1.807) is 18.3 Å². The van der Waals surface area contributed by atoms with Gasteiger partial charge in [0, 0.05) is 29.9 Å². The number of anilines is 3. The molecule has 7 heteroatoms. The molecule has 0 saturated heterocycles. The zero-order valence-corrected chi connectivity index (χ0v) is 16.3. The Kier molecular flexibility index (Phi) is 4.93. The Morgan fingerprint density at radius 3 is 2.68 bits per heavy atom. The summed E-state index contributed by atoms with van der Waals surface area (Å²) < 4.78 is 14.7. The lowest BCUT2D eigenvalue weighted by molar-refractivity contribution is 0.242. The smallest absolute Gasteiger partial charge is 0.329 e. The van der Waals surface area contributed by atoms with Crippen molar-refractivity contribution in [1.29, 1.82) is 0 Å². The molecule has 4 rings (SSSR count). The average Bonchev–Trinajstić information content (AvgIpc) is 2.69. The second-order valence-electron chi connectivity index (χ2n) is 7.68. The number of amides is 2. The van der Waals surface area contributed by atoms with Crippen LogP contribution in [0.4, 0.5) is 26.4 Å². The standard InChI is InChI=1S/C21H26FN5O/c1-13-4-3-5-17(22)20(13)26-12-14-11-25-19(23)10-18(14)27(21(26)28)16-8-6-15(24-2)7-9-16/h3-5,10-11,15-16,24H,6-9,12H2,1-2H3,(H2,23,25)/t15-,16-. The van der Waals surface area contributed by atoms with E-state index in [1.807, 2.05) is 24.9 Å². The molecule has 0 unspecified atom stereocenters. The molecular weight excluding hydrogens is 357 g/mol. The number of urea groups is 1. The van der Waals surface area contributed by atoms with Gasteiger partial charge in [-0.05, 0) is 51.3 Å². The molecule has 28 heavy (non-hydrogen) atoms. The van der Waals surface area contributed by atoms with Gasteiger partial charge in [-0.15, -0.1) is 0 Å². The molecule has 6 nitrogen and oxygen atoms in total. The predicted molar refractivity (Wildman–Crippen MR) is 109 cm³/mol. The van der Waals surface area contributed by atoms with E-state index in [0.29, 0.717) is 17.5 Å². The molecule has 2 aliphatic rings. The Bertz CT molecular complexity index is 874. The Morgan fingerprint density at radius 2 is 2.00 bits per heavy atom. The lowest BCUT2D eigenvalue weighted by Gasteiger charge is -2.43. The van der Waals surface area contributed by atoms with Crippen LogP contribution in [0, 0.1) is 12.7 Å². The van der Waals surface area contributed by atoms with Crippen molar-refractivity contribution in [2.75, 3.05) is 22.6 Å². The first-order valence-electron chi connectivity index (χ1n) is 9.77. The van der Waals surface area contributed by atoms with Gasteiger partial charge in [-0.1, -0.05) is 12.1 Å². The first kappa shape index (κ1) is 18.7. The van der Waals surface area contributed by atoms with Crippen molar-refractivity contribution in [3.8, 4) is 0 Å². The number of carbonyl (C=O) groups excluding carboxylic acids is 1. The summed E-state index contributed by atoms with van der Waals surface area (Å²) in [6.07, 6.45) is 5.48. The Morgan fingerprint density at radius 1 is 1.25 bits per heavy atom. The zero-order valence-electron chi connectivity index (χ0n) is 16.3. The highest BCUT2D eigenvalue weighted by Crippen LogP contribution is 2.38. The number of fused-ring (bicyclic) bond motifs is 1. The molecule has 1 aliphatic heterocycles. The van der Waals surface area contributed by atoms with E-state index >= 15 is 0 Å². The van der Waals surface area contributed by atoms with Gasteiger partial charge in [-0.2, -0.15) is 0 Å². The van der Waals surface area contributed by atoms with Crippen molar-refractivity contribution in [3.63, 3.8) is 0 Å². The number of nitrogen functional groups attached to an aromatic ring is 1. The monoisotopic (exact) mass is 383 g/mol. The number of benzene rings is 1. The van der Waals surface area contributed by atoms with Gasteiger partial charge in [0.1, 0.15) is 11.6 Å². The maximum Gasteiger partial charge on any atom is 0.329 e. The van der Waals surface area contributed by atoms with E-state index in [1.165, 1.54) is 11.0 Å². The summed E-state index contributed by atoms with van der Waals surface area (Å²) in [5.74, 6) is -0.00460. The van der Waals surface area contributed by atoms with Crippen LogP contribution in [0.5, 0.6) is 0 Å². The van der Waals surface area contributed by atoms with Crippen molar-refractivity contribution >= 4 is 23.2 Å². The number of rotatable bonds is 3. The first-order chi connectivity index (χ1) is 13.5. The quantitative estimate of drug-likeness (QED) is 0.849. The van der Waals surface area contributed by atoms with Gasteiger partial charge in [0.2, 0.25) is 0 Å². The number of nitrogens with two attached hydrogens (primary N) is 1. The third-order valence-corrected chi connectivity index (χ3v) is 5.94. The summed E-state index contributed by atoms with van der Waals surface area (Å²) in [5, 5.41) is 3.32. The highest BCUT2D eigenvalue weighted by atomic mass is 19.1. The van der Waals surface area contributed by atoms with Crippen molar-refractivity contribution in [1.82, 2.24) is 10.3 Å². The van der Waals surface area contributed by atoms with E-state index in [2.05, 4.69) is 10.3 Å². The average molecular weight is 383 g/mol. The molecule has 1 saturated carbocycles. The van der Waals surface area contributed by atoms with E-state index in [4.69, 9.17) is 5.73 Å². The molecule has 3 N–H and O–H groups in total. The normalized spacial score (nSPS) is 22.3. The second-order valence-corrected chi connectivity index (χ2v) is 7.68. The third kappa shape index (κ3) is 3.20. The minimum atomic E-state index is -0.390. The highest BCUT2D eigenvalue weighted by molar-refractivity contribution is 6.07. The van der Waals surface area contributed by atoms with Crippen molar-refractivity contribution in [2.45, 2.75) is 51.2 Å². The number of nitrogens with zero attached hydrogens (tertiary/aromatic N) is 3. The Hall–Kier alpha value is -2.67. The molecule has 1 fully saturated rings. The van der Waals surface area contributed by atoms with Crippen LogP contribution in [0.1, 0.15) is 36.8 Å². The number of pyridine rings is 1. The Labute approximate surface area is 164 Å². The van der Waals surface area contributed by atoms with Crippen LogP contribution in [0.2, 0.25) is 0 Å². The number of hydrogen-bond donors (Lipinski definition) is 2. The van der Waals surface area contributed by atoms with Gasteiger partial charge in [-0.3, -0.25) is 9.80 Å². The minimum absolute atomic E-state index is 0.0625. The fraction of sp³-hybridized carbons (Fsp3) is 0.429. The zero-order chi connectivity index (χ0) is 19.8. The Balaban J connectivity index is 1.76. The third-order valence-electron chi connectivity index (χ3n) is 5.94. The fourth-order valence-electron chi connectivity index (χ4n) is 4.42. The summed E-state index contributed by atoms with van der Waals surface area (Å²) >= 11 is 0. The number of aromatic nitrogens is 1. The van der Waals surface area contributed by atoms with Crippen LogP contribution in [0.3, 0.4) is 0 Å². The predicted octanol–water partition coefficient (Wildman–Crippen LogP) is 3.59. The van der Waals surface area contributed by atoms with Gasteiger partial charge < -0.3 is 11.1 Å². The summed E-state index contributed by atoms with van der Waals surface area (Å²) in [7, 11) is 1.97. The van der Waals surface area contributed by atoms with Crippen LogP contribution in [0.25, 0.3) is 0 Å². The molecule has 0 atom stereocenters. The molecule has 2 aromatic rings. The molecular formula is C21H26FN5O. The minimum Gasteiger partial charge on any atom is -0.384 e. The highest BCUT2D eigenvalue weighted by Gasteiger charge is 2.38. The van der Waals surface area contributed by atoms with Crippen LogP contribution in [-0.4, -0.2) is 30.1 Å². The number of carbonyl (C=O) groups is 1. The van der Waals surface area contributed by atoms with Gasteiger partial charge in [0.05, 0.1) is 17.9 Å². The van der Waals surface area contributed by atoms with E-state index in [9.17, 15) is 9.18 Å². The van der Waals surface area contributed by atoms with Crippen LogP contribution in [0.15, 0.2) is 30.5 Å². The lowest BCUT2D eigenvalue weighted by Crippen LogP contribution is -2.54. The summed E-state index contributed by atoms with van der Waals surface area (Å²) in [6, 6.07) is 6.99. The molecule has 2 amide bonds. The molecule has 0 radical (unpaired) electrons. The van der Waals surface area contributed by atoms with Crippen LogP contribution in [-0.2, 0) is 6.54 Å². The fourth-order valence-corrected chi connectivity index (χ4v) is 4.42. The first-order valence-corrected chi connectivity index (χ1v) is 9.77. The second kappa shape index (κ2) is 7.39. The summed E-state index contributed by atoms with van der Waals surface area (Å²) in [5.41, 5.74) is 8.68. The molecule has 2 heterocycles. The molecule has 148 valence electrons. The van der Waals surface area contributed by atoms with Crippen LogP contribution >= 0.6 is 0 Å².